The van der Waals surface area contributed by atoms with Crippen LogP contribution in [0.4, 0.5) is 5.82 Å². The second-order valence-electron chi connectivity index (χ2n) is 8.74. The quantitative estimate of drug-likeness (QED) is 0.862. The average molecular weight is 393 g/mol. The lowest BCUT2D eigenvalue weighted by Crippen LogP contribution is -2.50. The summed E-state index contributed by atoms with van der Waals surface area (Å²) < 4.78 is 2.02. The summed E-state index contributed by atoms with van der Waals surface area (Å²) in [4.78, 5) is 31.7. The number of fused-ring (bicyclic) bond motifs is 5. The van der Waals surface area contributed by atoms with Crippen LogP contribution in [-0.2, 0) is 12.8 Å². The Labute approximate surface area is 170 Å². The third-order valence-corrected chi connectivity index (χ3v) is 6.94. The molecule has 0 aromatic carbocycles. The molecule has 5 rings (SSSR count). The lowest BCUT2D eigenvalue weighted by molar-refractivity contribution is 0.0696. The number of carbonyl (C=O) groups is 1. The molecule has 1 aliphatic carbocycles. The molecule has 0 unspecified atom stereocenters. The Balaban J connectivity index is 1.58. The standard InChI is InChI=1S/C23H27N3O3/c1-2-5-19-15-10-16(20-8-4-9-21(27)26(19)20)13-25(12-15)22-17(23(28)29)11-14-6-3-7-18(14)24-22/h4,8-9,11,15-16,19H,2-3,5-7,10,12-13H2,1H3,(H,28,29)/t15-,16+,19-/m0/s1. The van der Waals surface area contributed by atoms with Crippen LogP contribution < -0.4 is 10.5 Å². The number of rotatable bonds is 4. The number of carboxylic acid groups (broad SMARTS) is 1. The number of anilines is 1. The maximum absolute atomic E-state index is 12.7. The summed E-state index contributed by atoms with van der Waals surface area (Å²) in [7, 11) is 0. The van der Waals surface area contributed by atoms with Gasteiger partial charge in [0.1, 0.15) is 11.4 Å². The van der Waals surface area contributed by atoms with Gasteiger partial charge in [-0.05, 0) is 55.7 Å². The van der Waals surface area contributed by atoms with Gasteiger partial charge in [-0.1, -0.05) is 19.4 Å². The summed E-state index contributed by atoms with van der Waals surface area (Å²) in [6.45, 7) is 3.63. The number of pyridine rings is 2. The van der Waals surface area contributed by atoms with E-state index in [9.17, 15) is 14.7 Å². The van der Waals surface area contributed by atoms with Crippen LogP contribution in [0.25, 0.3) is 0 Å². The molecule has 6 heteroatoms. The Hall–Kier alpha value is -2.63. The highest BCUT2D eigenvalue weighted by Crippen LogP contribution is 2.44. The fourth-order valence-electron chi connectivity index (χ4n) is 5.74. The van der Waals surface area contributed by atoms with Gasteiger partial charge in [-0.25, -0.2) is 9.78 Å². The van der Waals surface area contributed by atoms with Gasteiger partial charge in [0.2, 0.25) is 0 Å². The lowest BCUT2D eigenvalue weighted by atomic mass is 9.77. The molecule has 2 aromatic rings. The number of aromatic carboxylic acids is 1. The Morgan fingerprint density at radius 2 is 2.14 bits per heavy atom. The number of carboxylic acids is 1. The Morgan fingerprint density at radius 3 is 2.93 bits per heavy atom. The molecule has 0 spiro atoms. The summed E-state index contributed by atoms with van der Waals surface area (Å²) >= 11 is 0. The van der Waals surface area contributed by atoms with E-state index in [1.165, 1.54) is 0 Å². The first kappa shape index (κ1) is 18.4. The van der Waals surface area contributed by atoms with E-state index in [0.717, 1.165) is 62.0 Å². The van der Waals surface area contributed by atoms with Crippen molar-refractivity contribution in [2.75, 3.05) is 18.0 Å². The summed E-state index contributed by atoms with van der Waals surface area (Å²) in [6, 6.07) is 7.61. The van der Waals surface area contributed by atoms with Crippen molar-refractivity contribution in [1.82, 2.24) is 9.55 Å². The van der Waals surface area contributed by atoms with Crippen molar-refractivity contribution in [3.05, 3.63) is 57.1 Å². The zero-order valence-corrected chi connectivity index (χ0v) is 16.8. The minimum Gasteiger partial charge on any atom is -0.478 e. The molecular weight excluding hydrogens is 366 g/mol. The van der Waals surface area contributed by atoms with E-state index in [-0.39, 0.29) is 17.5 Å². The van der Waals surface area contributed by atoms with E-state index in [2.05, 4.69) is 17.9 Å². The number of hydrogen-bond acceptors (Lipinski definition) is 4. The van der Waals surface area contributed by atoms with E-state index in [0.29, 0.717) is 23.8 Å². The van der Waals surface area contributed by atoms with Gasteiger partial charge in [-0.2, -0.15) is 0 Å². The maximum Gasteiger partial charge on any atom is 0.339 e. The van der Waals surface area contributed by atoms with Gasteiger partial charge in [0.25, 0.3) is 5.56 Å². The van der Waals surface area contributed by atoms with Gasteiger partial charge in [-0.3, -0.25) is 4.79 Å². The van der Waals surface area contributed by atoms with Crippen LogP contribution in [-0.4, -0.2) is 33.7 Å². The fraction of sp³-hybridized carbons (Fsp3) is 0.522. The molecule has 2 aromatic heterocycles. The maximum atomic E-state index is 12.7. The Bertz CT molecular complexity index is 1030. The number of hydrogen-bond donors (Lipinski definition) is 1. The van der Waals surface area contributed by atoms with Crippen molar-refractivity contribution in [2.24, 2.45) is 5.92 Å². The van der Waals surface area contributed by atoms with Crippen molar-refractivity contribution in [3.63, 3.8) is 0 Å². The van der Waals surface area contributed by atoms with Crippen LogP contribution >= 0.6 is 0 Å². The molecule has 4 heterocycles. The van der Waals surface area contributed by atoms with Crippen molar-refractivity contribution in [2.45, 2.75) is 57.4 Å². The fourth-order valence-corrected chi connectivity index (χ4v) is 5.74. The van der Waals surface area contributed by atoms with Crippen LogP contribution in [0.1, 0.15) is 71.9 Å². The van der Waals surface area contributed by atoms with E-state index < -0.39 is 5.97 Å². The van der Waals surface area contributed by atoms with Gasteiger partial charge in [0.15, 0.2) is 0 Å². The van der Waals surface area contributed by atoms with Gasteiger partial charge >= 0.3 is 5.97 Å². The molecule has 0 amide bonds. The van der Waals surface area contributed by atoms with E-state index in [1.54, 1.807) is 6.07 Å². The summed E-state index contributed by atoms with van der Waals surface area (Å²) in [5.41, 5.74) is 3.65. The molecule has 6 nitrogen and oxygen atoms in total. The number of aromatic nitrogens is 2. The number of aryl methyl sites for hydroxylation is 2. The highest BCUT2D eigenvalue weighted by Gasteiger charge is 2.41. The molecule has 0 saturated carbocycles. The molecule has 3 atom stereocenters. The molecule has 29 heavy (non-hydrogen) atoms. The third kappa shape index (κ3) is 2.96. The Kier molecular flexibility index (Phi) is 4.45. The van der Waals surface area contributed by atoms with Crippen LogP contribution in [0.3, 0.4) is 0 Å². The number of nitrogens with zero attached hydrogens (tertiary/aromatic N) is 3. The summed E-state index contributed by atoms with van der Waals surface area (Å²) in [6.07, 6.45) is 5.93. The van der Waals surface area contributed by atoms with Crippen molar-refractivity contribution in [3.8, 4) is 0 Å². The van der Waals surface area contributed by atoms with Gasteiger partial charge < -0.3 is 14.6 Å². The molecule has 1 N–H and O–H groups in total. The molecule has 1 fully saturated rings. The first-order chi connectivity index (χ1) is 14.1. The molecule has 2 aliphatic heterocycles. The first-order valence-corrected chi connectivity index (χ1v) is 10.8. The largest absolute Gasteiger partial charge is 0.478 e. The average Bonchev–Trinajstić information content (AvgIpc) is 3.18. The van der Waals surface area contributed by atoms with Crippen LogP contribution in [0, 0.1) is 5.92 Å². The lowest BCUT2D eigenvalue weighted by Gasteiger charge is -2.47. The summed E-state index contributed by atoms with van der Waals surface area (Å²) in [5.74, 6) is 0.278. The highest BCUT2D eigenvalue weighted by atomic mass is 16.4. The molecule has 0 radical (unpaired) electrons. The van der Waals surface area contributed by atoms with Crippen molar-refractivity contribution < 1.29 is 9.90 Å². The van der Waals surface area contributed by atoms with Crippen LogP contribution in [0.2, 0.25) is 0 Å². The topological polar surface area (TPSA) is 75.4 Å². The van der Waals surface area contributed by atoms with E-state index in [4.69, 9.17) is 4.98 Å². The van der Waals surface area contributed by atoms with Crippen LogP contribution in [0.5, 0.6) is 0 Å². The molecule has 2 bridgehead atoms. The highest BCUT2D eigenvalue weighted by molar-refractivity contribution is 5.93. The second kappa shape index (κ2) is 7.01. The SMILES string of the molecule is CCC[C@H]1[C@H]2C[C@H](CN(c3nc4c(cc3C(=O)O)CCC4)C2)c2cccc(=O)n21. The molecule has 3 aliphatic rings. The zero-order valence-electron chi connectivity index (χ0n) is 16.8. The van der Waals surface area contributed by atoms with Gasteiger partial charge in [-0.15, -0.1) is 0 Å². The van der Waals surface area contributed by atoms with Crippen LogP contribution in [0.15, 0.2) is 29.1 Å². The molecular formula is C23H27N3O3. The van der Waals surface area contributed by atoms with E-state index in [1.807, 2.05) is 16.7 Å². The van der Waals surface area contributed by atoms with Crippen molar-refractivity contribution >= 4 is 11.8 Å². The minimum atomic E-state index is -0.903. The summed E-state index contributed by atoms with van der Waals surface area (Å²) in [5, 5.41) is 9.85. The smallest absolute Gasteiger partial charge is 0.339 e. The molecule has 1 saturated heterocycles. The van der Waals surface area contributed by atoms with Gasteiger partial charge in [0, 0.05) is 42.5 Å². The van der Waals surface area contributed by atoms with Gasteiger partial charge in [0.05, 0.1) is 0 Å². The predicted octanol–water partition coefficient (Wildman–Crippen LogP) is 3.40. The van der Waals surface area contributed by atoms with Crippen molar-refractivity contribution in [1.29, 1.82) is 0 Å². The number of piperidine rings is 1. The molecule has 152 valence electrons. The predicted molar refractivity (Wildman–Crippen MR) is 111 cm³/mol. The third-order valence-electron chi connectivity index (χ3n) is 6.94. The minimum absolute atomic E-state index is 0.0889. The normalized spacial score (nSPS) is 24.9. The first-order valence-electron chi connectivity index (χ1n) is 10.8. The Morgan fingerprint density at radius 1 is 1.28 bits per heavy atom. The zero-order chi connectivity index (χ0) is 20.1. The van der Waals surface area contributed by atoms with E-state index >= 15 is 0 Å². The monoisotopic (exact) mass is 393 g/mol. The second-order valence-corrected chi connectivity index (χ2v) is 8.74.